The third-order valence-electron chi connectivity index (χ3n) is 10.9. The Kier molecular flexibility index (Phi) is 12.4. The molecule has 2 aliphatic rings. The molecular formula is C41H51ClN8O6. The number of methoxy groups -OCH3 is 2. The number of aromatic amines is 2. The molecular weight excluding hydrogens is 736 g/mol. The van der Waals surface area contributed by atoms with Crippen LogP contribution < -0.4 is 10.6 Å². The van der Waals surface area contributed by atoms with Crippen molar-refractivity contribution < 1.29 is 28.7 Å². The minimum Gasteiger partial charge on any atom is -0.453 e. The number of carbonyl (C=O) groups excluding carboxylic acids is 4. The zero-order chi connectivity index (χ0) is 40.3. The van der Waals surface area contributed by atoms with Gasteiger partial charge in [-0.25, -0.2) is 19.6 Å². The molecule has 6 atom stereocenters. The Hall–Kier alpha value is -5.37. The van der Waals surface area contributed by atoms with E-state index >= 15 is 0 Å². The highest BCUT2D eigenvalue weighted by Crippen LogP contribution is 2.53. The average molecular weight is 787 g/mol. The van der Waals surface area contributed by atoms with Crippen molar-refractivity contribution in [2.24, 2.45) is 5.92 Å². The number of nitrogens with one attached hydrogen (secondary N) is 4. The molecule has 14 nitrogen and oxygen atoms in total. The summed E-state index contributed by atoms with van der Waals surface area (Å²) in [6.07, 6.45) is 3.78. The lowest BCUT2D eigenvalue weighted by atomic mass is 10.0. The van der Waals surface area contributed by atoms with Crippen LogP contribution >= 0.6 is 11.6 Å². The molecule has 4 aromatic rings. The van der Waals surface area contributed by atoms with E-state index < -0.39 is 30.3 Å². The van der Waals surface area contributed by atoms with E-state index in [4.69, 9.17) is 26.1 Å². The summed E-state index contributed by atoms with van der Waals surface area (Å²) >= 11 is 6.71. The van der Waals surface area contributed by atoms with Gasteiger partial charge in [0.2, 0.25) is 11.8 Å². The van der Waals surface area contributed by atoms with Gasteiger partial charge in [-0.1, -0.05) is 80.9 Å². The maximum atomic E-state index is 13.7. The zero-order valence-electron chi connectivity index (χ0n) is 32.9. The van der Waals surface area contributed by atoms with E-state index in [1.165, 1.54) is 14.2 Å². The van der Waals surface area contributed by atoms with Gasteiger partial charge in [-0.2, -0.15) is 0 Å². The van der Waals surface area contributed by atoms with E-state index in [1.54, 1.807) is 11.1 Å². The molecule has 0 spiro atoms. The van der Waals surface area contributed by atoms with Crippen LogP contribution in [0.5, 0.6) is 0 Å². The maximum Gasteiger partial charge on any atom is 0.407 e. The number of piperidine rings is 1. The first-order valence-electron chi connectivity index (χ1n) is 19.3. The topological polar surface area (TPSA) is 175 Å². The van der Waals surface area contributed by atoms with E-state index in [0.29, 0.717) is 41.9 Å². The van der Waals surface area contributed by atoms with Crippen LogP contribution in [0.3, 0.4) is 0 Å². The minimum atomic E-state index is -0.745. The summed E-state index contributed by atoms with van der Waals surface area (Å²) in [6.45, 7) is 9.55. The van der Waals surface area contributed by atoms with E-state index in [0.717, 1.165) is 46.6 Å². The average Bonchev–Trinajstić information content (AvgIpc) is 3.50. The molecule has 298 valence electrons. The van der Waals surface area contributed by atoms with Crippen molar-refractivity contribution in [3.05, 3.63) is 71.5 Å². The molecule has 1 aliphatic heterocycles. The first kappa shape index (κ1) is 40.3. The van der Waals surface area contributed by atoms with Gasteiger partial charge in [0.15, 0.2) is 5.15 Å². The lowest BCUT2D eigenvalue weighted by molar-refractivity contribution is -0.138. The number of hydrogen-bond acceptors (Lipinski definition) is 8. The summed E-state index contributed by atoms with van der Waals surface area (Å²) in [5.74, 6) is 1.42. The quantitative estimate of drug-likeness (QED) is 0.102. The van der Waals surface area contributed by atoms with Crippen molar-refractivity contribution in [1.29, 1.82) is 0 Å². The number of alkyl carbamates (subject to hydrolysis) is 2. The number of ether oxygens (including phenoxy) is 2. The number of imidazole rings is 2. The highest BCUT2D eigenvalue weighted by Gasteiger charge is 2.56. The molecule has 56 heavy (non-hydrogen) atoms. The van der Waals surface area contributed by atoms with Gasteiger partial charge in [-0.3, -0.25) is 9.59 Å². The maximum absolute atomic E-state index is 13.7. The minimum absolute atomic E-state index is 0.108. The largest absolute Gasteiger partial charge is 0.453 e. The lowest BCUT2D eigenvalue weighted by Gasteiger charge is -2.36. The SMILES string of the molecule is CC[C@H](NC(=O)OC)C(=O)N(C(C)C)[C@@H](CC)c1nc(Cl)c(-c2ccc(-c3ccc(-c4cnc([C@@H]5C[C@H]6C[C@H]6N5C(=O)[C@H](CC)NC(=O)OC)[nH]4)cc3)cc2)[nH]1. The van der Waals surface area contributed by atoms with Gasteiger partial charge in [-0.15, -0.1) is 0 Å². The van der Waals surface area contributed by atoms with E-state index in [2.05, 4.69) is 37.7 Å². The standard InChI is InChI=1S/C41H51ClN8O6/c1-8-28(45-40(53)55-6)38(51)49(22(4)5)31(10-3)37-47-34(35(42)48-37)26-17-13-24(14-18-26)23-11-15-25(16-12-23)30-21-43-36(44-30)33-20-27-19-32(27)50(33)39(52)29(9-2)46-41(54)56-7/h11-18,21-22,27-29,31-33H,8-10,19-20H2,1-7H3,(H,43,44)(H,45,53)(H,46,54)(H,47,48)/t27-,28+,29+,31+,32-,33+/m1/s1. The van der Waals surface area contributed by atoms with Crippen molar-refractivity contribution in [2.45, 2.75) is 103 Å². The molecule has 6 rings (SSSR count). The Balaban J connectivity index is 1.15. The van der Waals surface area contributed by atoms with Gasteiger partial charge in [0.05, 0.1) is 43.9 Å². The molecule has 2 aromatic carbocycles. The predicted molar refractivity (Wildman–Crippen MR) is 212 cm³/mol. The third-order valence-corrected chi connectivity index (χ3v) is 11.1. The molecule has 0 bridgehead atoms. The van der Waals surface area contributed by atoms with Gasteiger partial charge < -0.3 is 39.9 Å². The molecule has 0 unspecified atom stereocenters. The molecule has 2 fully saturated rings. The lowest BCUT2D eigenvalue weighted by Crippen LogP contribution is -2.51. The second kappa shape index (κ2) is 17.2. The second-order valence-corrected chi connectivity index (χ2v) is 15.0. The fourth-order valence-corrected chi connectivity index (χ4v) is 8.04. The molecule has 4 N–H and O–H groups in total. The van der Waals surface area contributed by atoms with Crippen LogP contribution in [0.25, 0.3) is 33.6 Å². The number of rotatable bonds is 14. The summed E-state index contributed by atoms with van der Waals surface area (Å²) in [4.78, 5) is 70.9. The molecule has 1 saturated heterocycles. The van der Waals surface area contributed by atoms with Crippen LogP contribution in [0.15, 0.2) is 54.7 Å². The number of carbonyl (C=O) groups is 4. The number of benzene rings is 2. The van der Waals surface area contributed by atoms with Gasteiger partial charge in [0.25, 0.3) is 0 Å². The Bertz CT molecular complexity index is 2030. The molecule has 1 aliphatic carbocycles. The number of nitrogens with zero attached hydrogens (tertiary/aromatic N) is 4. The van der Waals surface area contributed by atoms with Crippen molar-refractivity contribution >= 4 is 35.6 Å². The number of H-pyrrole nitrogens is 2. The van der Waals surface area contributed by atoms with E-state index in [1.807, 2.05) is 75.9 Å². The van der Waals surface area contributed by atoms with E-state index in [-0.39, 0.29) is 29.9 Å². The summed E-state index contributed by atoms with van der Waals surface area (Å²) in [5, 5.41) is 5.62. The Morgan fingerprint density at radius 1 is 0.839 bits per heavy atom. The van der Waals surface area contributed by atoms with Gasteiger partial charge >= 0.3 is 12.2 Å². The van der Waals surface area contributed by atoms with Crippen molar-refractivity contribution in [1.82, 2.24) is 40.4 Å². The third kappa shape index (κ3) is 8.25. The fourth-order valence-electron chi connectivity index (χ4n) is 7.79. The smallest absolute Gasteiger partial charge is 0.407 e. The first-order valence-corrected chi connectivity index (χ1v) is 19.6. The number of hydrogen-bond donors (Lipinski definition) is 4. The number of aromatic nitrogens is 4. The molecule has 2 aromatic heterocycles. The molecule has 3 heterocycles. The van der Waals surface area contributed by atoms with Gasteiger partial charge in [0.1, 0.15) is 23.7 Å². The first-order chi connectivity index (χ1) is 26.9. The Morgan fingerprint density at radius 2 is 1.41 bits per heavy atom. The van der Waals surface area contributed by atoms with Crippen LogP contribution in [0.4, 0.5) is 9.59 Å². The summed E-state index contributed by atoms with van der Waals surface area (Å²) in [7, 11) is 2.56. The molecule has 1 saturated carbocycles. The fraction of sp³-hybridized carbons (Fsp3) is 0.463. The summed E-state index contributed by atoms with van der Waals surface area (Å²) in [6, 6.07) is 14.2. The Morgan fingerprint density at radius 3 is 1.96 bits per heavy atom. The highest BCUT2D eigenvalue weighted by atomic mass is 35.5. The van der Waals surface area contributed by atoms with Crippen molar-refractivity contribution in [3.8, 4) is 33.6 Å². The normalized spacial score (nSPS) is 18.8. The van der Waals surface area contributed by atoms with Gasteiger partial charge in [0, 0.05) is 17.6 Å². The predicted octanol–water partition coefficient (Wildman–Crippen LogP) is 7.41. The number of likely N-dealkylation sites (tertiary alicyclic amines) is 1. The highest BCUT2D eigenvalue weighted by molar-refractivity contribution is 6.31. The summed E-state index contributed by atoms with van der Waals surface area (Å²) in [5.41, 5.74) is 5.35. The van der Waals surface area contributed by atoms with Crippen LogP contribution in [0, 0.1) is 5.92 Å². The molecule has 4 amide bonds. The van der Waals surface area contributed by atoms with Crippen molar-refractivity contribution in [3.63, 3.8) is 0 Å². The van der Waals surface area contributed by atoms with Crippen LogP contribution in [-0.2, 0) is 19.1 Å². The summed E-state index contributed by atoms with van der Waals surface area (Å²) < 4.78 is 9.48. The number of amides is 4. The van der Waals surface area contributed by atoms with Crippen LogP contribution in [0.1, 0.15) is 90.5 Å². The van der Waals surface area contributed by atoms with Gasteiger partial charge in [-0.05, 0) is 68.6 Å². The monoisotopic (exact) mass is 786 g/mol. The zero-order valence-corrected chi connectivity index (χ0v) is 33.6. The Labute approximate surface area is 332 Å². The number of fused-ring (bicyclic) bond motifs is 1. The van der Waals surface area contributed by atoms with Crippen molar-refractivity contribution in [2.75, 3.05) is 14.2 Å². The number of halogens is 1. The van der Waals surface area contributed by atoms with E-state index in [9.17, 15) is 19.2 Å². The molecule has 0 radical (unpaired) electrons. The van der Waals surface area contributed by atoms with Crippen LogP contribution in [-0.4, -0.2) is 92.1 Å². The second-order valence-electron chi connectivity index (χ2n) is 14.6. The van der Waals surface area contributed by atoms with Crippen LogP contribution in [0.2, 0.25) is 5.15 Å². The molecule has 15 heteroatoms.